The number of carbonyl (C=O) groups excluding carboxylic acids is 1. The number of nitrogens with zero attached hydrogens (tertiary/aromatic N) is 3. The van der Waals surface area contributed by atoms with Gasteiger partial charge in [-0.3, -0.25) is 15.1 Å². The summed E-state index contributed by atoms with van der Waals surface area (Å²) in [5.41, 5.74) is 0.396. The first-order valence-corrected chi connectivity index (χ1v) is 6.32. The molecule has 0 spiro atoms. The monoisotopic (exact) mass is 334 g/mol. The molecular weight excluding hydrogens is 328 g/mol. The lowest BCUT2D eigenvalue weighted by atomic mass is 10.3. The number of pyridine rings is 1. The first-order chi connectivity index (χ1) is 9.72. The average Bonchev–Trinajstić information content (AvgIpc) is 3.09. The first kappa shape index (κ1) is 12.5. The molecule has 7 nitrogen and oxygen atoms in total. The summed E-state index contributed by atoms with van der Waals surface area (Å²) in [6.07, 6.45) is 3.02. The van der Waals surface area contributed by atoms with Gasteiger partial charge in [0.2, 0.25) is 0 Å². The highest BCUT2D eigenvalue weighted by atomic mass is 79.9. The van der Waals surface area contributed by atoms with Crippen LogP contribution in [0.1, 0.15) is 10.4 Å². The van der Waals surface area contributed by atoms with Crippen molar-refractivity contribution in [1.82, 2.24) is 15.2 Å². The Balaban J connectivity index is 1.76. The number of nitrogens with one attached hydrogen (secondary N) is 1. The topological polar surface area (TPSA) is 94.1 Å². The van der Waals surface area contributed by atoms with Crippen molar-refractivity contribution in [2.24, 2.45) is 0 Å². The lowest BCUT2D eigenvalue weighted by molar-refractivity contribution is 0.102. The largest absolute Gasteiger partial charge is 0.444 e. The van der Waals surface area contributed by atoms with Crippen molar-refractivity contribution in [1.29, 1.82) is 0 Å². The van der Waals surface area contributed by atoms with E-state index in [-0.39, 0.29) is 17.8 Å². The lowest BCUT2D eigenvalue weighted by Crippen LogP contribution is -2.12. The highest BCUT2D eigenvalue weighted by Crippen LogP contribution is 2.24. The van der Waals surface area contributed by atoms with Crippen molar-refractivity contribution in [2.75, 3.05) is 5.32 Å². The second-order valence-corrected chi connectivity index (χ2v) is 4.49. The minimum atomic E-state index is -0.381. The Morgan fingerprint density at radius 3 is 2.80 bits per heavy atom. The molecule has 100 valence electrons. The standard InChI is InChI=1S/C12H7BrN4O3/c13-9-4-3-8(19-9)11-16-17-12(20-11)15-10(18)7-2-1-5-14-6-7/h1-6H,(H,15,17,18). The van der Waals surface area contributed by atoms with Gasteiger partial charge in [0.15, 0.2) is 10.4 Å². The zero-order valence-electron chi connectivity index (χ0n) is 9.91. The average molecular weight is 335 g/mol. The van der Waals surface area contributed by atoms with Crippen molar-refractivity contribution < 1.29 is 13.6 Å². The first-order valence-electron chi connectivity index (χ1n) is 5.53. The Kier molecular flexibility index (Phi) is 3.30. The Morgan fingerprint density at radius 2 is 2.10 bits per heavy atom. The van der Waals surface area contributed by atoms with Crippen LogP contribution in [-0.2, 0) is 0 Å². The number of hydrogen-bond acceptors (Lipinski definition) is 6. The molecule has 0 radical (unpaired) electrons. The molecule has 3 rings (SSSR count). The van der Waals surface area contributed by atoms with E-state index in [1.165, 1.54) is 6.20 Å². The van der Waals surface area contributed by atoms with Gasteiger partial charge in [-0.25, -0.2) is 0 Å². The van der Waals surface area contributed by atoms with Gasteiger partial charge in [-0.1, -0.05) is 5.10 Å². The molecule has 3 aromatic rings. The number of rotatable bonds is 3. The number of aromatic nitrogens is 3. The van der Waals surface area contributed by atoms with Crippen molar-refractivity contribution in [3.63, 3.8) is 0 Å². The molecule has 0 fully saturated rings. The van der Waals surface area contributed by atoms with Crippen molar-refractivity contribution >= 4 is 27.9 Å². The SMILES string of the molecule is O=C(Nc1nnc(-c2ccc(Br)o2)o1)c1cccnc1. The summed E-state index contributed by atoms with van der Waals surface area (Å²) in [5.74, 6) is 0.206. The third-order valence-corrected chi connectivity index (χ3v) is 2.78. The van der Waals surface area contributed by atoms with Crippen LogP contribution < -0.4 is 5.32 Å². The van der Waals surface area contributed by atoms with Crippen LogP contribution >= 0.6 is 15.9 Å². The van der Waals surface area contributed by atoms with Gasteiger partial charge in [0.05, 0.1) is 5.56 Å². The molecule has 3 heterocycles. The van der Waals surface area contributed by atoms with E-state index in [0.717, 1.165) is 0 Å². The van der Waals surface area contributed by atoms with Crippen LogP contribution in [-0.4, -0.2) is 21.1 Å². The zero-order chi connectivity index (χ0) is 13.9. The fraction of sp³-hybridized carbons (Fsp3) is 0. The molecule has 8 heteroatoms. The maximum atomic E-state index is 11.9. The van der Waals surface area contributed by atoms with E-state index in [4.69, 9.17) is 8.83 Å². The maximum absolute atomic E-state index is 11.9. The molecule has 0 atom stereocenters. The van der Waals surface area contributed by atoms with Gasteiger partial charge >= 0.3 is 6.01 Å². The Hall–Kier alpha value is -2.48. The van der Waals surface area contributed by atoms with Crippen molar-refractivity contribution in [3.8, 4) is 11.7 Å². The zero-order valence-corrected chi connectivity index (χ0v) is 11.5. The molecule has 0 unspecified atom stereocenters. The molecule has 0 aliphatic carbocycles. The summed E-state index contributed by atoms with van der Waals surface area (Å²) in [6, 6.07) is 6.65. The summed E-state index contributed by atoms with van der Waals surface area (Å²) in [4.78, 5) is 15.7. The fourth-order valence-electron chi connectivity index (χ4n) is 1.47. The minimum absolute atomic E-state index is 0.0126. The molecule has 0 bridgehead atoms. The molecule has 20 heavy (non-hydrogen) atoms. The number of anilines is 1. The summed E-state index contributed by atoms with van der Waals surface area (Å²) in [5, 5.41) is 9.99. The third kappa shape index (κ3) is 2.59. The highest BCUT2D eigenvalue weighted by Gasteiger charge is 2.14. The molecule has 0 aliphatic heterocycles. The molecule has 1 amide bonds. The van der Waals surface area contributed by atoms with E-state index in [1.54, 1.807) is 30.5 Å². The summed E-state index contributed by atoms with van der Waals surface area (Å²) in [7, 11) is 0. The lowest BCUT2D eigenvalue weighted by Gasteiger charge is -1.98. The van der Waals surface area contributed by atoms with E-state index in [9.17, 15) is 4.79 Å². The van der Waals surface area contributed by atoms with Gasteiger partial charge in [-0.2, -0.15) is 0 Å². The van der Waals surface area contributed by atoms with Gasteiger partial charge in [0.1, 0.15) is 0 Å². The number of carbonyl (C=O) groups is 1. The molecule has 0 saturated heterocycles. The Morgan fingerprint density at radius 1 is 1.20 bits per heavy atom. The molecule has 3 aromatic heterocycles. The molecule has 0 aromatic carbocycles. The second kappa shape index (κ2) is 5.25. The van der Waals surface area contributed by atoms with Gasteiger partial charge < -0.3 is 8.83 Å². The minimum Gasteiger partial charge on any atom is -0.444 e. The fourth-order valence-corrected chi connectivity index (χ4v) is 1.78. The number of furan rings is 1. The molecule has 0 saturated carbocycles. The molecule has 1 N–H and O–H groups in total. The number of amides is 1. The van der Waals surface area contributed by atoms with Gasteiger partial charge in [-0.15, -0.1) is 5.10 Å². The van der Waals surface area contributed by atoms with E-state index in [1.807, 2.05) is 0 Å². The van der Waals surface area contributed by atoms with Crippen LogP contribution in [0, 0.1) is 0 Å². The Bertz CT molecular complexity index is 738. The number of halogens is 1. The van der Waals surface area contributed by atoms with Gasteiger partial charge in [-0.05, 0) is 40.2 Å². The molecule has 0 aliphatic rings. The van der Waals surface area contributed by atoms with Crippen LogP contribution in [0.2, 0.25) is 0 Å². The predicted molar refractivity (Wildman–Crippen MR) is 71.9 cm³/mol. The normalized spacial score (nSPS) is 10.4. The van der Waals surface area contributed by atoms with E-state index < -0.39 is 0 Å². The van der Waals surface area contributed by atoms with Gasteiger partial charge in [0.25, 0.3) is 11.8 Å². The summed E-state index contributed by atoms with van der Waals surface area (Å²) < 4.78 is 11.1. The maximum Gasteiger partial charge on any atom is 0.322 e. The summed E-state index contributed by atoms with van der Waals surface area (Å²) >= 11 is 3.17. The smallest absolute Gasteiger partial charge is 0.322 e. The Labute approximate surface area is 121 Å². The van der Waals surface area contributed by atoms with E-state index in [0.29, 0.717) is 16.0 Å². The third-order valence-electron chi connectivity index (χ3n) is 2.35. The van der Waals surface area contributed by atoms with Crippen LogP contribution in [0.4, 0.5) is 6.01 Å². The van der Waals surface area contributed by atoms with Crippen molar-refractivity contribution in [2.45, 2.75) is 0 Å². The van der Waals surface area contributed by atoms with E-state index in [2.05, 4.69) is 36.4 Å². The highest BCUT2D eigenvalue weighted by molar-refractivity contribution is 9.10. The van der Waals surface area contributed by atoms with Crippen molar-refractivity contribution in [3.05, 3.63) is 46.9 Å². The van der Waals surface area contributed by atoms with Crippen LogP contribution in [0.5, 0.6) is 0 Å². The summed E-state index contributed by atoms with van der Waals surface area (Å²) in [6.45, 7) is 0. The quantitative estimate of drug-likeness (QED) is 0.791. The van der Waals surface area contributed by atoms with Gasteiger partial charge in [0, 0.05) is 12.4 Å². The van der Waals surface area contributed by atoms with Crippen LogP contribution in [0.3, 0.4) is 0 Å². The van der Waals surface area contributed by atoms with Crippen LogP contribution in [0.25, 0.3) is 11.7 Å². The second-order valence-electron chi connectivity index (χ2n) is 3.71. The number of hydrogen-bond donors (Lipinski definition) is 1. The van der Waals surface area contributed by atoms with Crippen LogP contribution in [0.15, 0.2) is 50.2 Å². The predicted octanol–water partition coefficient (Wildman–Crippen LogP) is 2.74. The van der Waals surface area contributed by atoms with E-state index >= 15 is 0 Å². The molecular formula is C12H7BrN4O3.